The number of nitrogens with zero attached hydrogens (tertiary/aromatic N) is 3. The van der Waals surface area contributed by atoms with E-state index >= 15 is 0 Å². The minimum atomic E-state index is -0.449. The Balaban J connectivity index is 1.93. The Morgan fingerprint density at radius 3 is 2.07 bits per heavy atom. The molecule has 0 saturated carbocycles. The van der Waals surface area contributed by atoms with Crippen LogP contribution in [0, 0.1) is 10.1 Å². The molecule has 1 amide bonds. The summed E-state index contributed by atoms with van der Waals surface area (Å²) in [5.74, 6) is -0.217. The summed E-state index contributed by atoms with van der Waals surface area (Å²) in [6.45, 7) is 0.940. The van der Waals surface area contributed by atoms with Gasteiger partial charge < -0.3 is 9.80 Å². The van der Waals surface area contributed by atoms with Gasteiger partial charge in [-0.25, -0.2) is 0 Å². The highest BCUT2D eigenvalue weighted by Crippen LogP contribution is 2.29. The van der Waals surface area contributed by atoms with Gasteiger partial charge in [0.1, 0.15) is 5.69 Å². The van der Waals surface area contributed by atoms with Crippen molar-refractivity contribution in [3.8, 4) is 0 Å². The first-order chi connectivity index (χ1) is 13.0. The largest absolute Gasteiger partial charge is 0.372 e. The summed E-state index contributed by atoms with van der Waals surface area (Å²) in [7, 11) is 3.48. The number of rotatable bonds is 7. The molecular formula is C19H19N3O3S2. The number of anilines is 1. The lowest BCUT2D eigenvalue weighted by Gasteiger charge is -2.22. The van der Waals surface area contributed by atoms with E-state index in [1.807, 2.05) is 35.0 Å². The fourth-order valence-electron chi connectivity index (χ4n) is 2.74. The SMILES string of the molecule is CN(C)c1ccc(C(=O)N(Cc2cccs2)Cc2cccs2)cc1[N+](=O)[O-]. The number of thiophene rings is 2. The fourth-order valence-corrected chi connectivity index (χ4v) is 4.18. The Hall–Kier alpha value is -2.71. The zero-order chi connectivity index (χ0) is 19.4. The van der Waals surface area contributed by atoms with Crippen molar-refractivity contribution in [2.24, 2.45) is 0 Å². The minimum absolute atomic E-state index is 0.0713. The number of carbonyl (C=O) groups excluding carboxylic acids is 1. The van der Waals surface area contributed by atoms with E-state index in [9.17, 15) is 14.9 Å². The number of carbonyl (C=O) groups is 1. The average Bonchev–Trinajstić information content (AvgIpc) is 3.34. The molecule has 0 radical (unpaired) electrons. The predicted octanol–water partition coefficient (Wildman–Crippen LogP) is 4.63. The van der Waals surface area contributed by atoms with Crippen molar-refractivity contribution in [1.82, 2.24) is 4.90 Å². The summed E-state index contributed by atoms with van der Waals surface area (Å²) in [5.41, 5.74) is 0.720. The van der Waals surface area contributed by atoms with Crippen molar-refractivity contribution in [2.45, 2.75) is 13.1 Å². The Kier molecular flexibility index (Phi) is 5.88. The van der Waals surface area contributed by atoms with Gasteiger partial charge in [-0.2, -0.15) is 0 Å². The highest BCUT2D eigenvalue weighted by atomic mass is 32.1. The molecule has 0 fully saturated rings. The van der Waals surface area contributed by atoms with E-state index in [2.05, 4.69) is 0 Å². The maximum absolute atomic E-state index is 13.2. The second-order valence-corrected chi connectivity index (χ2v) is 8.24. The number of nitro groups is 1. The Morgan fingerprint density at radius 1 is 1.04 bits per heavy atom. The van der Waals surface area contributed by atoms with E-state index in [0.717, 1.165) is 9.75 Å². The maximum atomic E-state index is 13.2. The molecule has 0 aliphatic carbocycles. The summed E-state index contributed by atoms with van der Waals surface area (Å²) < 4.78 is 0. The van der Waals surface area contributed by atoms with Gasteiger partial charge >= 0.3 is 0 Å². The van der Waals surface area contributed by atoms with Gasteiger partial charge in [-0.15, -0.1) is 22.7 Å². The average molecular weight is 402 g/mol. The van der Waals surface area contributed by atoms with Gasteiger partial charge in [0.15, 0.2) is 0 Å². The Bertz CT molecular complexity index is 886. The Labute approximate surface area is 165 Å². The van der Waals surface area contributed by atoms with Gasteiger partial charge in [-0.1, -0.05) is 12.1 Å². The topological polar surface area (TPSA) is 66.7 Å². The van der Waals surface area contributed by atoms with E-state index in [4.69, 9.17) is 0 Å². The van der Waals surface area contributed by atoms with Crippen LogP contribution in [0.5, 0.6) is 0 Å². The van der Waals surface area contributed by atoms with Crippen molar-refractivity contribution in [3.05, 3.63) is 78.7 Å². The zero-order valence-corrected chi connectivity index (χ0v) is 16.6. The first-order valence-electron chi connectivity index (χ1n) is 8.25. The number of benzene rings is 1. The molecule has 2 aromatic heterocycles. The summed E-state index contributed by atoms with van der Waals surface area (Å²) in [6.07, 6.45) is 0. The van der Waals surface area contributed by atoms with Crippen molar-refractivity contribution >= 4 is 40.0 Å². The van der Waals surface area contributed by atoms with Crippen molar-refractivity contribution < 1.29 is 9.72 Å². The molecule has 0 aliphatic rings. The molecule has 0 atom stereocenters. The van der Waals surface area contributed by atoms with E-state index in [0.29, 0.717) is 24.3 Å². The summed E-state index contributed by atoms with van der Waals surface area (Å²) in [4.78, 5) is 29.7. The first kappa shape index (κ1) is 19.1. The molecular weight excluding hydrogens is 382 g/mol. The predicted molar refractivity (Wildman–Crippen MR) is 110 cm³/mol. The number of amides is 1. The molecule has 2 heterocycles. The van der Waals surface area contributed by atoms with Crippen LogP contribution in [0.2, 0.25) is 0 Å². The lowest BCUT2D eigenvalue weighted by molar-refractivity contribution is -0.384. The molecule has 0 saturated heterocycles. The van der Waals surface area contributed by atoms with Gasteiger partial charge in [0.05, 0.1) is 18.0 Å². The number of nitro benzene ring substituents is 1. The molecule has 3 aromatic rings. The van der Waals surface area contributed by atoms with Crippen molar-refractivity contribution in [2.75, 3.05) is 19.0 Å². The third-order valence-corrected chi connectivity index (χ3v) is 5.76. The Morgan fingerprint density at radius 2 is 1.63 bits per heavy atom. The molecule has 6 nitrogen and oxygen atoms in total. The van der Waals surface area contributed by atoms with Crippen LogP contribution in [-0.4, -0.2) is 29.8 Å². The zero-order valence-electron chi connectivity index (χ0n) is 15.0. The normalized spacial score (nSPS) is 10.6. The highest BCUT2D eigenvalue weighted by molar-refractivity contribution is 7.10. The first-order valence-corrected chi connectivity index (χ1v) is 10.0. The molecule has 0 unspecified atom stereocenters. The van der Waals surface area contributed by atoms with E-state index in [-0.39, 0.29) is 11.6 Å². The molecule has 8 heteroatoms. The molecule has 1 aromatic carbocycles. The third kappa shape index (κ3) is 4.53. The summed E-state index contributed by atoms with van der Waals surface area (Å²) in [6, 6.07) is 12.5. The van der Waals surface area contributed by atoms with Crippen LogP contribution in [0.15, 0.2) is 53.2 Å². The monoisotopic (exact) mass is 401 g/mol. The third-order valence-electron chi connectivity index (χ3n) is 4.04. The van der Waals surface area contributed by atoms with Gasteiger partial charge in [-0.3, -0.25) is 14.9 Å². The second kappa shape index (κ2) is 8.32. The molecule has 27 heavy (non-hydrogen) atoms. The standard InChI is InChI=1S/C19H19N3O3S2/c1-20(2)17-8-7-14(11-18(17)22(24)25)19(23)21(12-15-5-3-9-26-15)13-16-6-4-10-27-16/h3-11H,12-13H2,1-2H3. The smallest absolute Gasteiger partial charge is 0.293 e. The van der Waals surface area contributed by atoms with Gasteiger partial charge in [0.2, 0.25) is 0 Å². The fraction of sp³-hybridized carbons (Fsp3) is 0.211. The maximum Gasteiger partial charge on any atom is 0.293 e. The van der Waals surface area contributed by atoms with Gasteiger partial charge in [0, 0.05) is 35.5 Å². The lowest BCUT2D eigenvalue weighted by atomic mass is 10.1. The quantitative estimate of drug-likeness (QED) is 0.428. The minimum Gasteiger partial charge on any atom is -0.372 e. The molecule has 0 N–H and O–H groups in total. The van der Waals surface area contributed by atoms with Crippen molar-refractivity contribution in [1.29, 1.82) is 0 Å². The molecule has 0 spiro atoms. The van der Waals surface area contributed by atoms with E-state index in [1.165, 1.54) is 6.07 Å². The van der Waals surface area contributed by atoms with Crippen LogP contribution in [0.25, 0.3) is 0 Å². The van der Waals surface area contributed by atoms with Crippen LogP contribution in [-0.2, 0) is 13.1 Å². The van der Waals surface area contributed by atoms with Gasteiger partial charge in [0.25, 0.3) is 11.6 Å². The number of hydrogen-bond acceptors (Lipinski definition) is 6. The molecule has 0 bridgehead atoms. The molecule has 0 aliphatic heterocycles. The van der Waals surface area contributed by atoms with E-state index in [1.54, 1.807) is 58.7 Å². The molecule has 140 valence electrons. The van der Waals surface area contributed by atoms with Crippen LogP contribution in [0.4, 0.5) is 11.4 Å². The van der Waals surface area contributed by atoms with Crippen LogP contribution < -0.4 is 4.90 Å². The molecule has 3 rings (SSSR count). The second-order valence-electron chi connectivity index (χ2n) is 6.17. The van der Waals surface area contributed by atoms with Crippen LogP contribution in [0.3, 0.4) is 0 Å². The van der Waals surface area contributed by atoms with E-state index < -0.39 is 4.92 Å². The highest BCUT2D eigenvalue weighted by Gasteiger charge is 2.23. The summed E-state index contributed by atoms with van der Waals surface area (Å²) >= 11 is 3.17. The van der Waals surface area contributed by atoms with Crippen LogP contribution in [0.1, 0.15) is 20.1 Å². The lowest BCUT2D eigenvalue weighted by Crippen LogP contribution is -2.29. The van der Waals surface area contributed by atoms with Crippen molar-refractivity contribution in [3.63, 3.8) is 0 Å². The van der Waals surface area contributed by atoms with Gasteiger partial charge in [-0.05, 0) is 35.0 Å². The van der Waals surface area contributed by atoms with Crippen LogP contribution >= 0.6 is 22.7 Å². The number of hydrogen-bond donors (Lipinski definition) is 0. The summed E-state index contributed by atoms with van der Waals surface area (Å²) in [5, 5.41) is 15.4.